The summed E-state index contributed by atoms with van der Waals surface area (Å²) in [7, 11) is 0. The lowest BCUT2D eigenvalue weighted by molar-refractivity contribution is -0.115. The lowest BCUT2D eigenvalue weighted by Gasteiger charge is -2.11. The van der Waals surface area contributed by atoms with Crippen LogP contribution in [-0.4, -0.2) is 16.5 Å². The minimum atomic E-state index is -0.483. The molecular weight excluding hydrogens is 405 g/mol. The highest BCUT2D eigenvalue weighted by Crippen LogP contribution is 2.24. The Morgan fingerprint density at radius 1 is 1.09 bits per heavy atom. The largest absolute Gasteiger partial charge is 0.326 e. The van der Waals surface area contributed by atoms with E-state index in [0.717, 1.165) is 22.6 Å². The molecule has 1 aromatic heterocycles. The Morgan fingerprint density at radius 2 is 1.83 bits per heavy atom. The van der Waals surface area contributed by atoms with E-state index < -0.39 is 11.9 Å². The Kier molecular flexibility index (Phi) is 4.01. The van der Waals surface area contributed by atoms with Gasteiger partial charge in [-0.2, -0.15) is 0 Å². The van der Waals surface area contributed by atoms with Crippen molar-refractivity contribution in [3.63, 3.8) is 0 Å². The predicted molar refractivity (Wildman–Crippen MR) is 97.3 cm³/mol. The summed E-state index contributed by atoms with van der Waals surface area (Å²) in [6.07, 6.45) is 1.71. The third-order valence-electron chi connectivity index (χ3n) is 3.89. The van der Waals surface area contributed by atoms with Crippen LogP contribution in [0, 0.1) is 24.3 Å². The molecule has 3 rings (SSSR count). The number of carbonyl (C=O) groups excluding carboxylic acids is 2. The first-order valence-electron chi connectivity index (χ1n) is 7.16. The lowest BCUT2D eigenvalue weighted by Crippen LogP contribution is -2.22. The Labute approximate surface area is 147 Å². The molecule has 1 saturated heterocycles. The zero-order chi connectivity index (χ0) is 16.7. The molecule has 2 aromatic rings. The van der Waals surface area contributed by atoms with Crippen molar-refractivity contribution in [2.75, 3.05) is 0 Å². The van der Waals surface area contributed by atoms with Crippen LogP contribution in [-0.2, 0) is 4.79 Å². The molecule has 2 heterocycles. The maximum absolute atomic E-state index is 11.7. The molecule has 2 N–H and O–H groups in total. The first-order chi connectivity index (χ1) is 10.9. The van der Waals surface area contributed by atoms with Gasteiger partial charge in [0.25, 0.3) is 5.91 Å². The van der Waals surface area contributed by atoms with Crippen molar-refractivity contribution < 1.29 is 9.59 Å². The van der Waals surface area contributed by atoms with Crippen molar-refractivity contribution in [1.82, 2.24) is 15.2 Å². The third kappa shape index (κ3) is 2.90. The van der Waals surface area contributed by atoms with Gasteiger partial charge >= 0.3 is 6.03 Å². The van der Waals surface area contributed by atoms with Crippen molar-refractivity contribution in [1.29, 1.82) is 0 Å². The van der Waals surface area contributed by atoms with Crippen LogP contribution in [0.5, 0.6) is 0 Å². The number of hydrogen-bond acceptors (Lipinski definition) is 2. The van der Waals surface area contributed by atoms with Crippen molar-refractivity contribution in [2.45, 2.75) is 20.8 Å². The molecule has 6 heteroatoms. The van der Waals surface area contributed by atoms with Crippen LogP contribution in [0.2, 0.25) is 0 Å². The Hall–Kier alpha value is -2.09. The first kappa shape index (κ1) is 15.8. The second-order valence-corrected chi connectivity index (χ2v) is 6.72. The number of amides is 3. The SMILES string of the molecule is Cc1cc(-n2c(C)cc(C=C3NC(=O)NC3=O)c2C)ccc1I. The molecule has 3 amide bonds. The quantitative estimate of drug-likeness (QED) is 0.445. The van der Waals surface area contributed by atoms with Gasteiger partial charge in [-0.15, -0.1) is 0 Å². The second-order valence-electron chi connectivity index (χ2n) is 5.56. The summed E-state index contributed by atoms with van der Waals surface area (Å²) < 4.78 is 3.37. The molecule has 118 valence electrons. The van der Waals surface area contributed by atoms with E-state index in [0.29, 0.717) is 0 Å². The maximum Gasteiger partial charge on any atom is 0.326 e. The third-order valence-corrected chi connectivity index (χ3v) is 5.10. The van der Waals surface area contributed by atoms with E-state index in [1.54, 1.807) is 6.08 Å². The Balaban J connectivity index is 2.06. The van der Waals surface area contributed by atoms with Crippen molar-refractivity contribution >= 4 is 40.6 Å². The van der Waals surface area contributed by atoms with Crippen LogP contribution in [0.25, 0.3) is 11.8 Å². The van der Waals surface area contributed by atoms with E-state index in [1.807, 2.05) is 19.9 Å². The van der Waals surface area contributed by atoms with Crippen molar-refractivity contribution in [2.24, 2.45) is 0 Å². The number of carbonyl (C=O) groups is 2. The highest BCUT2D eigenvalue weighted by atomic mass is 127. The summed E-state index contributed by atoms with van der Waals surface area (Å²) in [4.78, 5) is 22.9. The van der Waals surface area contributed by atoms with E-state index >= 15 is 0 Å². The van der Waals surface area contributed by atoms with Crippen LogP contribution in [0.3, 0.4) is 0 Å². The average Bonchev–Trinajstić information content (AvgIpc) is 2.93. The normalized spacial score (nSPS) is 15.9. The highest BCUT2D eigenvalue weighted by Gasteiger charge is 2.23. The molecule has 1 aromatic carbocycles. The number of benzene rings is 1. The van der Waals surface area contributed by atoms with Gasteiger partial charge < -0.3 is 9.88 Å². The average molecular weight is 421 g/mol. The van der Waals surface area contributed by atoms with Gasteiger partial charge in [0, 0.05) is 20.6 Å². The smallest absolute Gasteiger partial charge is 0.318 e. The van der Waals surface area contributed by atoms with Gasteiger partial charge in [0.1, 0.15) is 5.70 Å². The molecular formula is C17H16IN3O2. The highest BCUT2D eigenvalue weighted by molar-refractivity contribution is 14.1. The zero-order valence-corrected chi connectivity index (χ0v) is 15.2. The summed E-state index contributed by atoms with van der Waals surface area (Å²) in [6.45, 7) is 6.11. The number of imide groups is 1. The van der Waals surface area contributed by atoms with Gasteiger partial charge in [-0.25, -0.2) is 4.79 Å². The Morgan fingerprint density at radius 3 is 2.43 bits per heavy atom. The molecule has 0 aliphatic carbocycles. The van der Waals surface area contributed by atoms with Crippen molar-refractivity contribution in [3.8, 4) is 5.69 Å². The molecule has 1 fully saturated rings. The number of urea groups is 1. The van der Waals surface area contributed by atoms with E-state index in [2.05, 4.69) is 62.9 Å². The number of halogens is 1. The fourth-order valence-corrected chi connectivity index (χ4v) is 3.07. The summed E-state index contributed by atoms with van der Waals surface area (Å²) in [5, 5.41) is 4.72. The summed E-state index contributed by atoms with van der Waals surface area (Å²) >= 11 is 2.32. The fraction of sp³-hybridized carbons (Fsp3) is 0.176. The fourth-order valence-electron chi connectivity index (χ4n) is 2.74. The molecule has 0 saturated carbocycles. The summed E-state index contributed by atoms with van der Waals surface area (Å²) in [6, 6.07) is 7.84. The van der Waals surface area contributed by atoms with Gasteiger partial charge in [-0.1, -0.05) is 0 Å². The molecule has 1 aliphatic heterocycles. The Bertz CT molecular complexity index is 865. The molecule has 0 bridgehead atoms. The standard InChI is InChI=1S/C17H16IN3O2/c1-9-6-13(4-5-14(9)18)21-10(2)7-12(11(21)3)8-15-16(22)20-17(23)19-15/h4-8H,1-3H3,(H2,19,20,22,23). The van der Waals surface area contributed by atoms with Gasteiger partial charge in [-0.3, -0.25) is 10.1 Å². The van der Waals surface area contributed by atoms with Gasteiger partial charge in [-0.05, 0) is 84.8 Å². The first-order valence-corrected chi connectivity index (χ1v) is 8.24. The molecule has 0 radical (unpaired) electrons. The number of rotatable bonds is 2. The number of aromatic nitrogens is 1. The molecule has 0 unspecified atom stereocenters. The van der Waals surface area contributed by atoms with E-state index in [4.69, 9.17) is 0 Å². The number of aryl methyl sites for hydroxylation is 2. The van der Waals surface area contributed by atoms with Gasteiger partial charge in [0.2, 0.25) is 0 Å². The van der Waals surface area contributed by atoms with Crippen LogP contribution in [0.4, 0.5) is 4.79 Å². The van der Waals surface area contributed by atoms with Crippen molar-refractivity contribution in [3.05, 3.63) is 56.0 Å². The summed E-state index contributed by atoms with van der Waals surface area (Å²) in [5.41, 5.74) is 5.57. The molecule has 23 heavy (non-hydrogen) atoms. The molecule has 1 aliphatic rings. The van der Waals surface area contributed by atoms with Crippen LogP contribution >= 0.6 is 22.6 Å². The second kappa shape index (κ2) is 5.84. The number of nitrogens with zero attached hydrogens (tertiary/aromatic N) is 1. The molecule has 0 spiro atoms. The van der Waals surface area contributed by atoms with Crippen LogP contribution in [0.1, 0.15) is 22.5 Å². The van der Waals surface area contributed by atoms with E-state index in [9.17, 15) is 9.59 Å². The maximum atomic E-state index is 11.7. The van der Waals surface area contributed by atoms with Gasteiger partial charge in [0.05, 0.1) is 0 Å². The zero-order valence-electron chi connectivity index (χ0n) is 13.0. The lowest BCUT2D eigenvalue weighted by atomic mass is 10.2. The topological polar surface area (TPSA) is 63.1 Å². The monoisotopic (exact) mass is 421 g/mol. The molecule has 0 atom stereocenters. The minimum absolute atomic E-state index is 0.272. The predicted octanol–water partition coefficient (Wildman–Crippen LogP) is 3.19. The van der Waals surface area contributed by atoms with E-state index in [-0.39, 0.29) is 5.70 Å². The van der Waals surface area contributed by atoms with Crippen LogP contribution < -0.4 is 10.6 Å². The van der Waals surface area contributed by atoms with E-state index in [1.165, 1.54) is 9.13 Å². The minimum Gasteiger partial charge on any atom is -0.318 e. The summed E-state index contributed by atoms with van der Waals surface area (Å²) in [5.74, 6) is -0.398. The van der Waals surface area contributed by atoms with Crippen LogP contribution in [0.15, 0.2) is 30.0 Å². The number of hydrogen-bond donors (Lipinski definition) is 2. The molecule has 5 nitrogen and oxygen atoms in total. The number of nitrogens with one attached hydrogen (secondary N) is 2. The van der Waals surface area contributed by atoms with Gasteiger partial charge in [0.15, 0.2) is 0 Å².